The van der Waals surface area contributed by atoms with Crippen molar-refractivity contribution in [1.29, 1.82) is 0 Å². The number of ether oxygens (including phenoxy) is 2. The number of carbonyl (C=O) groups is 2. The lowest BCUT2D eigenvalue weighted by Crippen LogP contribution is -2.23. The van der Waals surface area contributed by atoms with E-state index in [0.717, 1.165) is 23.3 Å². The molecule has 0 saturated heterocycles. The number of methoxy groups -OCH3 is 1. The molecule has 1 aliphatic heterocycles. The molecule has 9 heteroatoms. The molecule has 0 radical (unpaired) electrons. The number of hydrogen-bond acceptors (Lipinski definition) is 4. The molecule has 1 amide bonds. The maximum absolute atomic E-state index is 12.9. The number of halogens is 4. The van der Waals surface area contributed by atoms with Crippen molar-refractivity contribution >= 4 is 29.2 Å². The van der Waals surface area contributed by atoms with Gasteiger partial charge in [0.05, 0.1) is 30.7 Å². The molecule has 3 aromatic rings. The molecule has 34 heavy (non-hydrogen) atoms. The molecule has 4 rings (SSSR count). The van der Waals surface area contributed by atoms with Crippen LogP contribution in [-0.2, 0) is 35.3 Å². The van der Waals surface area contributed by atoms with E-state index in [1.54, 1.807) is 30.3 Å². The van der Waals surface area contributed by atoms with Gasteiger partial charge < -0.3 is 14.4 Å². The highest BCUT2D eigenvalue weighted by atomic mass is 35.5. The lowest BCUT2D eigenvalue weighted by Gasteiger charge is -2.17. The largest absolute Gasteiger partial charge is 0.487 e. The molecule has 1 aliphatic rings. The van der Waals surface area contributed by atoms with Crippen molar-refractivity contribution in [3.05, 3.63) is 93.5 Å². The quantitative estimate of drug-likeness (QED) is 0.410. The Balaban J connectivity index is 1.53. The number of amides is 1. The van der Waals surface area contributed by atoms with Crippen molar-refractivity contribution in [3.63, 3.8) is 0 Å². The third kappa shape index (κ3) is 4.87. The fourth-order valence-corrected chi connectivity index (χ4v) is 3.91. The zero-order chi connectivity index (χ0) is 24.5. The second-order valence-electron chi connectivity index (χ2n) is 7.69. The van der Waals surface area contributed by atoms with Gasteiger partial charge in [-0.25, -0.2) is 0 Å². The summed E-state index contributed by atoms with van der Waals surface area (Å²) in [5.41, 5.74) is 2.21. The molecule has 0 bridgehead atoms. The average Bonchev–Trinajstić information content (AvgIpc) is 3.16. The van der Waals surface area contributed by atoms with Crippen molar-refractivity contribution in [1.82, 2.24) is 0 Å². The first kappa shape index (κ1) is 23.6. The van der Waals surface area contributed by atoms with E-state index < -0.39 is 17.7 Å². The minimum Gasteiger partial charge on any atom is -0.487 e. The molecular weight excluding hydrogens is 471 g/mol. The molecule has 0 N–H and O–H groups in total. The van der Waals surface area contributed by atoms with Gasteiger partial charge in [0.25, 0.3) is 5.91 Å². The Labute approximate surface area is 198 Å². The van der Waals surface area contributed by atoms with Crippen LogP contribution >= 0.6 is 11.6 Å². The average molecular weight is 490 g/mol. The van der Waals surface area contributed by atoms with E-state index in [1.165, 1.54) is 24.1 Å². The molecule has 176 valence electrons. The summed E-state index contributed by atoms with van der Waals surface area (Å²) in [6, 6.07) is 14.7. The summed E-state index contributed by atoms with van der Waals surface area (Å²) in [6.45, 7) is 0.313. The summed E-state index contributed by atoms with van der Waals surface area (Å²) in [5.74, 6) is -0.310. The van der Waals surface area contributed by atoms with Crippen molar-refractivity contribution < 1.29 is 32.2 Å². The summed E-state index contributed by atoms with van der Waals surface area (Å²) < 4.78 is 49.2. The molecule has 1 heterocycles. The highest BCUT2D eigenvalue weighted by molar-refractivity contribution is 6.32. The first-order chi connectivity index (χ1) is 16.2. The van der Waals surface area contributed by atoms with Gasteiger partial charge in [-0.05, 0) is 59.2 Å². The number of benzene rings is 3. The Hall–Kier alpha value is -3.52. The Kier molecular flexibility index (Phi) is 6.52. The summed E-state index contributed by atoms with van der Waals surface area (Å²) in [7, 11) is 1.31. The molecule has 0 aromatic heterocycles. The van der Waals surface area contributed by atoms with Gasteiger partial charge >= 0.3 is 12.1 Å². The fraction of sp³-hybridized carbons (Fsp3) is 0.200. The molecule has 5 nitrogen and oxygen atoms in total. The number of fused-ring (bicyclic) bond motifs is 1. The maximum Gasteiger partial charge on any atom is 0.416 e. The predicted molar refractivity (Wildman–Crippen MR) is 120 cm³/mol. The summed E-state index contributed by atoms with van der Waals surface area (Å²) in [4.78, 5) is 25.9. The minimum atomic E-state index is -4.45. The van der Waals surface area contributed by atoms with Gasteiger partial charge in [-0.2, -0.15) is 13.2 Å². The molecule has 0 unspecified atom stereocenters. The third-order valence-corrected chi connectivity index (χ3v) is 5.84. The van der Waals surface area contributed by atoms with Gasteiger partial charge in [-0.1, -0.05) is 29.8 Å². The van der Waals surface area contributed by atoms with E-state index in [4.69, 9.17) is 16.3 Å². The van der Waals surface area contributed by atoms with Crippen LogP contribution in [0.1, 0.15) is 32.6 Å². The van der Waals surface area contributed by atoms with Gasteiger partial charge in [-0.3, -0.25) is 9.59 Å². The maximum atomic E-state index is 12.9. The topological polar surface area (TPSA) is 55.8 Å². The number of esters is 1. The second-order valence-corrected chi connectivity index (χ2v) is 8.09. The van der Waals surface area contributed by atoms with E-state index >= 15 is 0 Å². The van der Waals surface area contributed by atoms with Gasteiger partial charge in [-0.15, -0.1) is 0 Å². The lowest BCUT2D eigenvalue weighted by molar-refractivity contribution is -0.140. The summed E-state index contributed by atoms with van der Waals surface area (Å²) >= 11 is 6.24. The number of alkyl halides is 3. The Morgan fingerprint density at radius 1 is 1.09 bits per heavy atom. The zero-order valence-electron chi connectivity index (χ0n) is 18.0. The Morgan fingerprint density at radius 2 is 1.82 bits per heavy atom. The third-order valence-electron chi connectivity index (χ3n) is 5.53. The highest BCUT2D eigenvalue weighted by Crippen LogP contribution is 2.35. The van der Waals surface area contributed by atoms with Crippen LogP contribution in [0.25, 0.3) is 0 Å². The van der Waals surface area contributed by atoms with Crippen LogP contribution in [0.3, 0.4) is 0 Å². The number of anilines is 1. The smallest absolute Gasteiger partial charge is 0.416 e. The van der Waals surface area contributed by atoms with Crippen molar-refractivity contribution in [2.75, 3.05) is 12.0 Å². The van der Waals surface area contributed by atoms with Crippen LogP contribution in [-0.4, -0.2) is 19.0 Å². The van der Waals surface area contributed by atoms with E-state index in [-0.39, 0.29) is 25.5 Å². The van der Waals surface area contributed by atoms with E-state index in [1.807, 2.05) is 6.07 Å². The summed E-state index contributed by atoms with van der Waals surface area (Å²) in [6.07, 6.45) is -4.38. The Bertz CT molecular complexity index is 1240. The number of nitrogens with zero attached hydrogens (tertiary/aromatic N) is 1. The normalized spacial score (nSPS) is 13.1. The number of carbonyl (C=O) groups excluding carboxylic acids is 2. The minimum absolute atomic E-state index is 0.0708. The van der Waals surface area contributed by atoms with Crippen LogP contribution < -0.4 is 9.64 Å². The van der Waals surface area contributed by atoms with E-state index in [9.17, 15) is 22.8 Å². The molecule has 0 saturated carbocycles. The molecule has 0 fully saturated rings. The fourth-order valence-electron chi connectivity index (χ4n) is 3.73. The van der Waals surface area contributed by atoms with Crippen LogP contribution in [0.15, 0.2) is 60.7 Å². The molecule has 0 aliphatic carbocycles. The Morgan fingerprint density at radius 3 is 2.50 bits per heavy atom. The monoisotopic (exact) mass is 489 g/mol. The molecule has 0 spiro atoms. The predicted octanol–water partition coefficient (Wildman–Crippen LogP) is 5.81. The van der Waals surface area contributed by atoms with Crippen LogP contribution in [0.5, 0.6) is 5.75 Å². The first-order valence-corrected chi connectivity index (χ1v) is 10.6. The van der Waals surface area contributed by atoms with Crippen LogP contribution in [0.2, 0.25) is 5.02 Å². The second kappa shape index (κ2) is 9.38. The van der Waals surface area contributed by atoms with Gasteiger partial charge in [0.15, 0.2) is 0 Å². The summed E-state index contributed by atoms with van der Waals surface area (Å²) in [5, 5.41) is 0.364. The standard InChI is InChI=1S/C25H19ClF3NO4/c1-33-23(31)12-15-5-10-21(26)22(11-15)34-14-16-3-2-4-19-20(16)13-30(24(19)32)18-8-6-17(7-9-18)25(27,28)29/h2-11H,12-14H2,1H3. The van der Waals surface area contributed by atoms with Crippen LogP contribution in [0, 0.1) is 0 Å². The number of hydrogen-bond donors (Lipinski definition) is 0. The van der Waals surface area contributed by atoms with E-state index in [2.05, 4.69) is 4.74 Å². The SMILES string of the molecule is COC(=O)Cc1ccc(Cl)c(OCc2cccc3c2CN(c2ccc(C(F)(F)F)cc2)C3=O)c1. The van der Waals surface area contributed by atoms with E-state index in [0.29, 0.717) is 27.6 Å². The van der Waals surface area contributed by atoms with Gasteiger partial charge in [0.2, 0.25) is 0 Å². The first-order valence-electron chi connectivity index (χ1n) is 10.3. The van der Waals surface area contributed by atoms with Crippen molar-refractivity contribution in [2.45, 2.75) is 25.7 Å². The molecular formula is C25H19ClF3NO4. The van der Waals surface area contributed by atoms with Gasteiger partial charge in [0, 0.05) is 11.3 Å². The zero-order valence-corrected chi connectivity index (χ0v) is 18.7. The van der Waals surface area contributed by atoms with Crippen molar-refractivity contribution in [3.8, 4) is 5.75 Å². The lowest BCUT2D eigenvalue weighted by atomic mass is 10.0. The number of rotatable bonds is 6. The molecule has 0 atom stereocenters. The van der Waals surface area contributed by atoms with Gasteiger partial charge in [0.1, 0.15) is 12.4 Å². The van der Waals surface area contributed by atoms with Crippen LogP contribution in [0.4, 0.5) is 18.9 Å². The van der Waals surface area contributed by atoms with Crippen molar-refractivity contribution in [2.24, 2.45) is 0 Å². The highest BCUT2D eigenvalue weighted by Gasteiger charge is 2.33. The molecule has 3 aromatic carbocycles.